The predicted molar refractivity (Wildman–Crippen MR) is 111 cm³/mol. The van der Waals surface area contributed by atoms with E-state index in [9.17, 15) is 0 Å². The van der Waals surface area contributed by atoms with Gasteiger partial charge in [0.1, 0.15) is 23.9 Å². The van der Waals surface area contributed by atoms with Gasteiger partial charge in [0.2, 0.25) is 0 Å². The van der Waals surface area contributed by atoms with Crippen molar-refractivity contribution < 1.29 is 14.2 Å². The van der Waals surface area contributed by atoms with E-state index in [0.717, 1.165) is 46.8 Å². The van der Waals surface area contributed by atoms with Crippen molar-refractivity contribution in [1.82, 2.24) is 10.2 Å². The summed E-state index contributed by atoms with van der Waals surface area (Å²) in [5.41, 5.74) is 3.67. The van der Waals surface area contributed by atoms with Crippen LogP contribution >= 0.6 is 15.9 Å². The predicted octanol–water partition coefficient (Wildman–Crippen LogP) is 3.64. The molecule has 0 aromatic heterocycles. The van der Waals surface area contributed by atoms with Gasteiger partial charge >= 0.3 is 0 Å². The molecule has 6 heteroatoms. The largest absolute Gasteiger partial charge is 0.496 e. The number of likely N-dealkylation sites (N-methyl/N-ethyl adjacent to an activating group) is 1. The summed E-state index contributed by atoms with van der Waals surface area (Å²) in [4.78, 5) is 2.12. The highest BCUT2D eigenvalue weighted by Gasteiger charge is 2.25. The van der Waals surface area contributed by atoms with E-state index in [0.29, 0.717) is 6.61 Å². The summed E-state index contributed by atoms with van der Waals surface area (Å²) < 4.78 is 17.9. The fourth-order valence-corrected chi connectivity index (χ4v) is 3.89. The number of nitrogens with one attached hydrogen (secondary N) is 1. The molecule has 1 N–H and O–H groups in total. The number of hydrogen-bond donors (Lipinski definition) is 1. The molecular formula is C21H27BrN2O3. The Kier molecular flexibility index (Phi) is 6.63. The Morgan fingerprint density at radius 3 is 2.56 bits per heavy atom. The molecule has 0 amide bonds. The van der Waals surface area contributed by atoms with Crippen molar-refractivity contribution in [3.05, 3.63) is 51.5 Å². The molecule has 0 saturated carbocycles. The first-order valence-electron chi connectivity index (χ1n) is 9.08. The Bertz CT molecular complexity index is 795. The molecule has 1 heterocycles. The van der Waals surface area contributed by atoms with Crippen LogP contribution < -0.4 is 19.5 Å². The minimum atomic E-state index is 0.0710. The lowest BCUT2D eigenvalue weighted by Gasteiger charge is -2.29. The summed E-state index contributed by atoms with van der Waals surface area (Å²) in [5, 5.41) is 3.62. The topological polar surface area (TPSA) is 43.0 Å². The third kappa shape index (κ3) is 4.57. The molecule has 1 aliphatic heterocycles. The van der Waals surface area contributed by atoms with Crippen LogP contribution in [0.5, 0.6) is 17.2 Å². The second-order valence-electron chi connectivity index (χ2n) is 6.88. The number of hydrogen-bond acceptors (Lipinski definition) is 5. The Hall–Kier alpha value is -1.76. The molecule has 1 unspecified atom stereocenters. The van der Waals surface area contributed by atoms with Gasteiger partial charge in [0.25, 0.3) is 0 Å². The van der Waals surface area contributed by atoms with Crippen LogP contribution in [0.1, 0.15) is 22.7 Å². The lowest BCUT2D eigenvalue weighted by atomic mass is 9.89. The van der Waals surface area contributed by atoms with E-state index in [4.69, 9.17) is 14.2 Å². The molecule has 2 aromatic carbocycles. The summed E-state index contributed by atoms with van der Waals surface area (Å²) in [5.74, 6) is 2.50. The van der Waals surface area contributed by atoms with Crippen LogP contribution in [0, 0.1) is 0 Å². The molecule has 3 rings (SSSR count). The average molecular weight is 435 g/mol. The Morgan fingerprint density at radius 1 is 1.07 bits per heavy atom. The molecule has 1 atom stereocenters. The van der Waals surface area contributed by atoms with Gasteiger partial charge < -0.3 is 24.4 Å². The minimum absolute atomic E-state index is 0.0710. The van der Waals surface area contributed by atoms with Gasteiger partial charge in [-0.3, -0.25) is 0 Å². The van der Waals surface area contributed by atoms with E-state index in [2.05, 4.69) is 50.4 Å². The maximum absolute atomic E-state index is 5.91. The maximum Gasteiger partial charge on any atom is 0.136 e. The van der Waals surface area contributed by atoms with Gasteiger partial charge in [0, 0.05) is 24.7 Å². The molecule has 5 nitrogen and oxygen atoms in total. The van der Waals surface area contributed by atoms with Crippen molar-refractivity contribution in [3.8, 4) is 17.2 Å². The quantitative estimate of drug-likeness (QED) is 0.720. The zero-order valence-corrected chi connectivity index (χ0v) is 17.9. The van der Waals surface area contributed by atoms with Crippen molar-refractivity contribution in [3.63, 3.8) is 0 Å². The third-order valence-corrected chi connectivity index (χ3v) is 5.41. The summed E-state index contributed by atoms with van der Waals surface area (Å²) in [7, 11) is 7.45. The lowest BCUT2D eigenvalue weighted by molar-refractivity contribution is 0.261. The molecule has 2 aromatic rings. The number of nitrogens with zero attached hydrogens (tertiary/aromatic N) is 1. The Morgan fingerprint density at radius 2 is 1.85 bits per heavy atom. The first-order chi connectivity index (χ1) is 13.0. The number of halogens is 1. The van der Waals surface area contributed by atoms with Crippen LogP contribution in [0.4, 0.5) is 0 Å². The van der Waals surface area contributed by atoms with Crippen molar-refractivity contribution in [2.75, 3.05) is 48.0 Å². The minimum Gasteiger partial charge on any atom is -0.496 e. The molecule has 1 aliphatic rings. The van der Waals surface area contributed by atoms with Crippen molar-refractivity contribution >= 4 is 15.9 Å². The van der Waals surface area contributed by atoms with Gasteiger partial charge in [-0.1, -0.05) is 6.07 Å². The summed E-state index contributed by atoms with van der Waals surface area (Å²) in [6.45, 7) is 2.50. The number of ether oxygens (including phenoxy) is 3. The first-order valence-corrected chi connectivity index (χ1v) is 9.88. The summed E-state index contributed by atoms with van der Waals surface area (Å²) >= 11 is 3.60. The molecule has 0 radical (unpaired) electrons. The zero-order valence-electron chi connectivity index (χ0n) is 16.3. The number of fused-ring (bicyclic) bond motifs is 1. The van der Waals surface area contributed by atoms with Gasteiger partial charge in [-0.2, -0.15) is 0 Å². The normalized spacial score (nSPS) is 16.1. The van der Waals surface area contributed by atoms with Crippen LogP contribution in [0.2, 0.25) is 0 Å². The molecule has 0 fully saturated rings. The van der Waals surface area contributed by atoms with Crippen LogP contribution in [0.25, 0.3) is 0 Å². The van der Waals surface area contributed by atoms with Gasteiger partial charge in [-0.25, -0.2) is 0 Å². The third-order valence-electron chi connectivity index (χ3n) is 4.79. The average Bonchev–Trinajstić information content (AvgIpc) is 2.67. The van der Waals surface area contributed by atoms with Crippen LogP contribution in [0.15, 0.2) is 34.8 Å². The van der Waals surface area contributed by atoms with E-state index < -0.39 is 0 Å². The van der Waals surface area contributed by atoms with E-state index >= 15 is 0 Å². The van der Waals surface area contributed by atoms with Gasteiger partial charge in [-0.05, 0) is 65.8 Å². The van der Waals surface area contributed by atoms with Gasteiger partial charge in [-0.15, -0.1) is 0 Å². The maximum atomic E-state index is 5.91. The van der Waals surface area contributed by atoms with Crippen LogP contribution in [0.3, 0.4) is 0 Å². The van der Waals surface area contributed by atoms with E-state index in [1.165, 1.54) is 11.1 Å². The molecule has 0 spiro atoms. The lowest BCUT2D eigenvalue weighted by Crippen LogP contribution is -2.31. The molecular weight excluding hydrogens is 408 g/mol. The zero-order chi connectivity index (χ0) is 19.4. The summed E-state index contributed by atoms with van der Waals surface area (Å²) in [6.07, 6.45) is 0.982. The molecule has 146 valence electrons. The fraction of sp³-hybridized carbons (Fsp3) is 0.429. The molecule has 27 heavy (non-hydrogen) atoms. The van der Waals surface area contributed by atoms with Crippen molar-refractivity contribution in [1.29, 1.82) is 0 Å². The van der Waals surface area contributed by atoms with Gasteiger partial charge in [0.05, 0.1) is 24.7 Å². The smallest absolute Gasteiger partial charge is 0.136 e. The molecule has 0 aliphatic carbocycles. The standard InChI is InChI=1S/C21H27BrN2O3/c1-24(2)9-10-27-15-5-6-16-14(11-15)7-8-23-21(16)17-12-18(22)20(26-4)13-19(17)25-3/h5-6,11-13,21,23H,7-10H2,1-4H3. The van der Waals surface area contributed by atoms with E-state index in [1.807, 2.05) is 20.2 Å². The Labute approximate surface area is 169 Å². The summed E-state index contributed by atoms with van der Waals surface area (Å²) in [6, 6.07) is 10.5. The first kappa shape index (κ1) is 20.0. The van der Waals surface area contributed by atoms with Crippen molar-refractivity contribution in [2.24, 2.45) is 0 Å². The number of methoxy groups -OCH3 is 2. The van der Waals surface area contributed by atoms with E-state index in [1.54, 1.807) is 14.2 Å². The Balaban J connectivity index is 1.89. The van der Waals surface area contributed by atoms with Gasteiger partial charge in [0.15, 0.2) is 0 Å². The van der Waals surface area contributed by atoms with Crippen LogP contribution in [-0.4, -0.2) is 52.9 Å². The SMILES string of the molecule is COc1cc(OC)c(C2NCCc3cc(OCCN(C)C)ccc32)cc1Br. The number of benzene rings is 2. The highest BCUT2D eigenvalue weighted by molar-refractivity contribution is 9.10. The molecule has 0 bridgehead atoms. The highest BCUT2D eigenvalue weighted by atomic mass is 79.9. The number of rotatable bonds is 7. The monoisotopic (exact) mass is 434 g/mol. The fourth-order valence-electron chi connectivity index (χ4n) is 3.36. The second-order valence-corrected chi connectivity index (χ2v) is 7.73. The van der Waals surface area contributed by atoms with E-state index in [-0.39, 0.29) is 6.04 Å². The van der Waals surface area contributed by atoms with Crippen molar-refractivity contribution in [2.45, 2.75) is 12.5 Å². The highest BCUT2D eigenvalue weighted by Crippen LogP contribution is 2.40. The second kappa shape index (κ2) is 8.95. The van der Waals surface area contributed by atoms with Crippen LogP contribution in [-0.2, 0) is 6.42 Å². The molecule has 0 saturated heterocycles.